The van der Waals surface area contributed by atoms with E-state index in [9.17, 15) is 0 Å². The number of anilines is 3. The van der Waals surface area contributed by atoms with Crippen LogP contribution in [-0.4, -0.2) is 4.98 Å². The number of rotatable bonds is 4. The predicted octanol–water partition coefficient (Wildman–Crippen LogP) is 5.73. The molecule has 0 radical (unpaired) electrons. The van der Waals surface area contributed by atoms with Gasteiger partial charge in [0.05, 0.1) is 5.69 Å². The summed E-state index contributed by atoms with van der Waals surface area (Å²) in [7, 11) is 0. The molecule has 1 aromatic heterocycles. The van der Waals surface area contributed by atoms with E-state index in [-0.39, 0.29) is 0 Å². The first kappa shape index (κ1) is 15.9. The van der Waals surface area contributed by atoms with Crippen LogP contribution in [0.4, 0.5) is 17.2 Å². The van der Waals surface area contributed by atoms with Gasteiger partial charge in [-0.05, 0) is 52.2 Å². The number of nitrogen functional groups attached to an aromatic ring is 1. The van der Waals surface area contributed by atoms with E-state index >= 15 is 0 Å². The van der Waals surface area contributed by atoms with E-state index in [1.165, 1.54) is 16.3 Å². The molecule has 0 amide bonds. The molecule has 0 bridgehead atoms. The minimum Gasteiger partial charge on any atom is -0.396 e. The summed E-state index contributed by atoms with van der Waals surface area (Å²) in [5.41, 5.74) is 9.82. The molecular weight excluding hydrogens is 318 g/mol. The van der Waals surface area contributed by atoms with Gasteiger partial charge in [0.15, 0.2) is 5.82 Å². The lowest BCUT2D eigenvalue weighted by atomic mass is 10.1. The maximum Gasteiger partial charge on any atom is 0.153 e. The van der Waals surface area contributed by atoms with Crippen molar-refractivity contribution in [1.29, 1.82) is 0 Å². The Labute approximate surface area is 152 Å². The second-order valence-corrected chi connectivity index (χ2v) is 6.13. The Morgan fingerprint density at radius 3 is 2.38 bits per heavy atom. The van der Waals surface area contributed by atoms with Crippen molar-refractivity contribution >= 4 is 40.1 Å². The number of fused-ring (bicyclic) bond motifs is 1. The van der Waals surface area contributed by atoms with E-state index in [0.29, 0.717) is 11.5 Å². The highest BCUT2D eigenvalue weighted by Gasteiger charge is 2.00. The molecule has 0 saturated carbocycles. The standard InChI is InChI=1S/C23H19N3/c24-22-9-4-14-25-23(22)26-21-8-3-5-17(16-21)10-11-18-12-13-19-6-1-2-7-20(19)15-18/h1-16H,24H2,(H,25,26)/b11-10+. The number of hydrogen-bond acceptors (Lipinski definition) is 3. The van der Waals surface area contributed by atoms with E-state index in [0.717, 1.165) is 11.3 Å². The van der Waals surface area contributed by atoms with Crippen LogP contribution < -0.4 is 11.1 Å². The molecule has 0 atom stereocenters. The number of nitrogens with two attached hydrogens (primary N) is 1. The predicted molar refractivity (Wildman–Crippen MR) is 111 cm³/mol. The third-order valence-corrected chi connectivity index (χ3v) is 4.23. The van der Waals surface area contributed by atoms with Crippen LogP contribution in [0.1, 0.15) is 11.1 Å². The smallest absolute Gasteiger partial charge is 0.153 e. The SMILES string of the molecule is Nc1cccnc1Nc1cccc(/C=C/c2ccc3ccccc3c2)c1. The molecule has 3 N–H and O–H groups in total. The summed E-state index contributed by atoms with van der Waals surface area (Å²) in [6.45, 7) is 0. The maximum absolute atomic E-state index is 5.95. The molecule has 1 heterocycles. The van der Waals surface area contributed by atoms with Crippen molar-refractivity contribution in [2.75, 3.05) is 11.1 Å². The number of aromatic nitrogens is 1. The summed E-state index contributed by atoms with van der Waals surface area (Å²) in [5.74, 6) is 0.670. The number of nitrogens with zero attached hydrogens (tertiary/aromatic N) is 1. The molecule has 3 aromatic carbocycles. The summed E-state index contributed by atoms with van der Waals surface area (Å²) < 4.78 is 0. The molecule has 0 saturated heterocycles. The van der Waals surface area contributed by atoms with Crippen LogP contribution in [0.5, 0.6) is 0 Å². The summed E-state index contributed by atoms with van der Waals surface area (Å²) in [6.07, 6.45) is 5.96. The molecule has 3 nitrogen and oxygen atoms in total. The maximum atomic E-state index is 5.95. The van der Waals surface area contributed by atoms with Gasteiger partial charge in [-0.15, -0.1) is 0 Å². The van der Waals surface area contributed by atoms with E-state index < -0.39 is 0 Å². The average Bonchev–Trinajstić information content (AvgIpc) is 2.68. The van der Waals surface area contributed by atoms with Gasteiger partial charge in [0.2, 0.25) is 0 Å². The van der Waals surface area contributed by atoms with Gasteiger partial charge < -0.3 is 11.1 Å². The van der Waals surface area contributed by atoms with Crippen LogP contribution in [0.25, 0.3) is 22.9 Å². The first-order valence-electron chi connectivity index (χ1n) is 8.52. The molecule has 0 fully saturated rings. The zero-order valence-electron chi connectivity index (χ0n) is 14.3. The largest absolute Gasteiger partial charge is 0.396 e. The third kappa shape index (κ3) is 3.57. The molecule has 26 heavy (non-hydrogen) atoms. The highest BCUT2D eigenvalue weighted by molar-refractivity contribution is 5.86. The molecule has 126 valence electrons. The topological polar surface area (TPSA) is 50.9 Å². The Hall–Kier alpha value is -3.59. The number of pyridine rings is 1. The van der Waals surface area contributed by atoms with Crippen LogP contribution in [-0.2, 0) is 0 Å². The van der Waals surface area contributed by atoms with Gasteiger partial charge in [0, 0.05) is 11.9 Å². The molecule has 0 aliphatic rings. The van der Waals surface area contributed by atoms with Crippen molar-refractivity contribution in [3.8, 4) is 0 Å². The number of hydrogen-bond donors (Lipinski definition) is 2. The fourth-order valence-electron chi connectivity index (χ4n) is 2.88. The molecule has 0 aliphatic heterocycles. The van der Waals surface area contributed by atoms with Crippen molar-refractivity contribution < 1.29 is 0 Å². The fourth-order valence-corrected chi connectivity index (χ4v) is 2.88. The summed E-state index contributed by atoms with van der Waals surface area (Å²) in [4.78, 5) is 4.27. The van der Waals surface area contributed by atoms with Crippen molar-refractivity contribution in [2.45, 2.75) is 0 Å². The Morgan fingerprint density at radius 1 is 0.731 bits per heavy atom. The van der Waals surface area contributed by atoms with Gasteiger partial charge in [-0.25, -0.2) is 4.98 Å². The van der Waals surface area contributed by atoms with Gasteiger partial charge in [0.1, 0.15) is 0 Å². The van der Waals surface area contributed by atoms with Crippen molar-refractivity contribution in [1.82, 2.24) is 4.98 Å². The minimum absolute atomic E-state index is 0.629. The lowest BCUT2D eigenvalue weighted by Crippen LogP contribution is -1.98. The van der Waals surface area contributed by atoms with Crippen LogP contribution in [0, 0.1) is 0 Å². The lowest BCUT2D eigenvalue weighted by Gasteiger charge is -2.08. The first-order chi connectivity index (χ1) is 12.8. The van der Waals surface area contributed by atoms with E-state index in [1.807, 2.05) is 24.3 Å². The quantitative estimate of drug-likeness (QED) is 0.467. The molecule has 4 rings (SSSR count). The summed E-state index contributed by atoms with van der Waals surface area (Å²) >= 11 is 0. The van der Waals surface area contributed by atoms with E-state index in [2.05, 4.69) is 77.1 Å². The molecule has 4 aromatic rings. The Bertz CT molecular complexity index is 1080. The van der Waals surface area contributed by atoms with E-state index in [4.69, 9.17) is 5.73 Å². The summed E-state index contributed by atoms with van der Waals surface area (Å²) in [5, 5.41) is 5.76. The van der Waals surface area contributed by atoms with Crippen LogP contribution in [0.3, 0.4) is 0 Å². The second-order valence-electron chi connectivity index (χ2n) is 6.13. The third-order valence-electron chi connectivity index (χ3n) is 4.23. The normalized spacial score (nSPS) is 11.1. The van der Waals surface area contributed by atoms with Crippen LogP contribution in [0.2, 0.25) is 0 Å². The lowest BCUT2D eigenvalue weighted by molar-refractivity contribution is 1.31. The Kier molecular flexibility index (Phi) is 4.35. The zero-order chi connectivity index (χ0) is 17.8. The zero-order valence-corrected chi connectivity index (χ0v) is 14.3. The highest BCUT2D eigenvalue weighted by Crippen LogP contribution is 2.22. The van der Waals surface area contributed by atoms with Crippen molar-refractivity contribution in [3.05, 3.63) is 96.2 Å². The molecule has 0 unspecified atom stereocenters. The highest BCUT2D eigenvalue weighted by atomic mass is 15.0. The van der Waals surface area contributed by atoms with Crippen molar-refractivity contribution in [3.63, 3.8) is 0 Å². The van der Waals surface area contributed by atoms with Crippen molar-refractivity contribution in [2.24, 2.45) is 0 Å². The fraction of sp³-hybridized carbons (Fsp3) is 0. The Morgan fingerprint density at radius 2 is 1.54 bits per heavy atom. The number of benzene rings is 3. The summed E-state index contributed by atoms with van der Waals surface area (Å²) in [6, 6.07) is 26.7. The van der Waals surface area contributed by atoms with Crippen LogP contribution in [0.15, 0.2) is 85.1 Å². The van der Waals surface area contributed by atoms with Crippen LogP contribution >= 0.6 is 0 Å². The Balaban J connectivity index is 1.56. The van der Waals surface area contributed by atoms with E-state index in [1.54, 1.807) is 6.20 Å². The second kappa shape index (κ2) is 7.11. The molecule has 3 heteroatoms. The number of nitrogens with one attached hydrogen (secondary N) is 1. The van der Waals surface area contributed by atoms with Gasteiger partial charge in [-0.2, -0.15) is 0 Å². The van der Waals surface area contributed by atoms with Gasteiger partial charge >= 0.3 is 0 Å². The molecular formula is C23H19N3. The van der Waals surface area contributed by atoms with Gasteiger partial charge in [-0.1, -0.05) is 60.7 Å². The minimum atomic E-state index is 0.629. The average molecular weight is 337 g/mol. The van der Waals surface area contributed by atoms with Gasteiger partial charge in [0.25, 0.3) is 0 Å². The first-order valence-corrected chi connectivity index (χ1v) is 8.52. The molecule has 0 spiro atoms. The molecule has 0 aliphatic carbocycles. The monoisotopic (exact) mass is 337 g/mol. The van der Waals surface area contributed by atoms with Gasteiger partial charge in [-0.3, -0.25) is 0 Å².